The highest BCUT2D eigenvalue weighted by molar-refractivity contribution is 6.30. The number of fused-ring (bicyclic) bond motifs is 1. The number of nitrogens with zero attached hydrogens (tertiary/aromatic N) is 4. The van der Waals surface area contributed by atoms with E-state index >= 15 is 0 Å². The average Bonchev–Trinajstić information content (AvgIpc) is 3.15. The summed E-state index contributed by atoms with van der Waals surface area (Å²) in [6.45, 7) is 6.27. The van der Waals surface area contributed by atoms with Crippen molar-refractivity contribution in [3.05, 3.63) is 70.9 Å². The molecule has 29 heavy (non-hydrogen) atoms. The third kappa shape index (κ3) is 4.14. The Morgan fingerprint density at radius 2 is 1.93 bits per heavy atom. The summed E-state index contributed by atoms with van der Waals surface area (Å²) in [7, 11) is 0. The minimum absolute atomic E-state index is 0.0333. The van der Waals surface area contributed by atoms with Crippen LogP contribution < -0.4 is 0 Å². The van der Waals surface area contributed by atoms with Crippen molar-refractivity contribution in [2.45, 2.75) is 19.3 Å². The quantitative estimate of drug-likeness (QED) is 0.637. The topological polar surface area (TPSA) is 40.8 Å². The molecule has 0 radical (unpaired) electrons. The van der Waals surface area contributed by atoms with E-state index in [0.29, 0.717) is 23.7 Å². The number of hydrogen-bond acceptors (Lipinski definition) is 3. The van der Waals surface area contributed by atoms with E-state index in [0.717, 1.165) is 31.0 Å². The van der Waals surface area contributed by atoms with Gasteiger partial charge in [-0.25, -0.2) is 9.37 Å². The van der Waals surface area contributed by atoms with Crippen molar-refractivity contribution < 1.29 is 9.18 Å². The summed E-state index contributed by atoms with van der Waals surface area (Å²) in [5, 5.41) is 0.561. The number of rotatable bonds is 5. The van der Waals surface area contributed by atoms with Gasteiger partial charge in [-0.15, -0.1) is 0 Å². The normalized spacial score (nSPS) is 16.3. The molecular formula is C22H24ClFN4O. The van der Waals surface area contributed by atoms with Gasteiger partial charge in [-0.2, -0.15) is 0 Å². The molecule has 1 saturated heterocycles. The Balaban J connectivity index is 1.67. The van der Waals surface area contributed by atoms with Gasteiger partial charge >= 0.3 is 0 Å². The van der Waals surface area contributed by atoms with E-state index in [-0.39, 0.29) is 18.1 Å². The number of imidazole rings is 1. The SMILES string of the molecule is CCN1CCN(C(=O)C[C@@H](c2ccccc2F)c2cnc3ccc(Cl)cn23)CC1. The van der Waals surface area contributed by atoms with Crippen LogP contribution in [0.25, 0.3) is 5.65 Å². The third-order valence-corrected chi connectivity index (χ3v) is 5.91. The molecular weight excluding hydrogens is 391 g/mol. The third-order valence-electron chi connectivity index (χ3n) is 5.69. The minimum Gasteiger partial charge on any atom is -0.340 e. The van der Waals surface area contributed by atoms with Crippen LogP contribution >= 0.6 is 11.6 Å². The number of pyridine rings is 1. The van der Waals surface area contributed by atoms with Gasteiger partial charge in [0.2, 0.25) is 5.91 Å². The molecule has 0 N–H and O–H groups in total. The molecule has 1 fully saturated rings. The molecule has 7 heteroatoms. The molecule has 1 atom stereocenters. The first-order valence-electron chi connectivity index (χ1n) is 9.94. The number of benzene rings is 1. The van der Waals surface area contributed by atoms with Crippen molar-refractivity contribution >= 4 is 23.2 Å². The second-order valence-electron chi connectivity index (χ2n) is 7.35. The van der Waals surface area contributed by atoms with Gasteiger partial charge in [0.15, 0.2) is 0 Å². The Labute approximate surface area is 174 Å². The van der Waals surface area contributed by atoms with E-state index in [1.165, 1.54) is 6.07 Å². The van der Waals surface area contributed by atoms with Gasteiger partial charge in [0.1, 0.15) is 11.5 Å². The standard InChI is InChI=1S/C22H24ClFN4O/c1-2-26-9-11-27(12-10-26)22(29)13-18(17-5-3-4-6-19(17)24)20-14-25-21-8-7-16(23)15-28(20)21/h3-8,14-15,18H,2,9-13H2,1H3/t18-/m0/s1. The maximum Gasteiger partial charge on any atom is 0.223 e. The predicted molar refractivity (Wildman–Crippen MR) is 112 cm³/mol. The molecule has 0 unspecified atom stereocenters. The van der Waals surface area contributed by atoms with E-state index in [2.05, 4.69) is 16.8 Å². The van der Waals surface area contributed by atoms with E-state index in [1.807, 2.05) is 15.4 Å². The lowest BCUT2D eigenvalue weighted by Crippen LogP contribution is -2.48. The van der Waals surface area contributed by atoms with E-state index in [4.69, 9.17) is 11.6 Å². The van der Waals surface area contributed by atoms with Gasteiger partial charge in [0.25, 0.3) is 0 Å². The first-order chi connectivity index (χ1) is 14.1. The summed E-state index contributed by atoms with van der Waals surface area (Å²) < 4.78 is 16.6. The summed E-state index contributed by atoms with van der Waals surface area (Å²) in [5.41, 5.74) is 1.97. The average molecular weight is 415 g/mol. The van der Waals surface area contributed by atoms with Gasteiger partial charge in [-0.3, -0.25) is 4.79 Å². The second-order valence-corrected chi connectivity index (χ2v) is 7.79. The van der Waals surface area contributed by atoms with Crippen molar-refractivity contribution in [2.24, 2.45) is 0 Å². The fraction of sp³-hybridized carbons (Fsp3) is 0.364. The van der Waals surface area contributed by atoms with Crippen LogP contribution in [0, 0.1) is 5.82 Å². The Bertz CT molecular complexity index is 1010. The van der Waals surface area contributed by atoms with Crippen LogP contribution in [0.3, 0.4) is 0 Å². The van der Waals surface area contributed by atoms with Gasteiger partial charge in [0.05, 0.1) is 10.7 Å². The van der Waals surface area contributed by atoms with E-state index < -0.39 is 5.92 Å². The number of carbonyl (C=O) groups excluding carboxylic acids is 1. The summed E-state index contributed by atoms with van der Waals surface area (Å²) >= 11 is 6.18. The molecule has 1 aromatic carbocycles. The number of piperazine rings is 1. The first kappa shape index (κ1) is 19.9. The zero-order valence-corrected chi connectivity index (χ0v) is 17.1. The molecule has 2 aromatic heterocycles. The van der Waals surface area contributed by atoms with E-state index in [1.54, 1.807) is 36.7 Å². The number of hydrogen-bond donors (Lipinski definition) is 0. The molecule has 1 amide bonds. The van der Waals surface area contributed by atoms with Gasteiger partial charge in [0, 0.05) is 50.9 Å². The number of halogens is 2. The molecule has 0 bridgehead atoms. The molecule has 3 heterocycles. The Morgan fingerprint density at radius 1 is 1.17 bits per heavy atom. The second kappa shape index (κ2) is 8.51. The zero-order chi connectivity index (χ0) is 20.4. The van der Waals surface area contributed by atoms with Crippen LogP contribution in [-0.4, -0.2) is 57.8 Å². The fourth-order valence-electron chi connectivity index (χ4n) is 3.98. The molecule has 0 spiro atoms. The monoisotopic (exact) mass is 414 g/mol. The van der Waals surface area contributed by atoms with Gasteiger partial charge < -0.3 is 14.2 Å². The summed E-state index contributed by atoms with van der Waals surface area (Å²) in [6, 6.07) is 10.2. The Hall–Kier alpha value is -2.44. The molecule has 0 aliphatic carbocycles. The highest BCUT2D eigenvalue weighted by atomic mass is 35.5. The van der Waals surface area contributed by atoms with Crippen LogP contribution in [0.15, 0.2) is 48.8 Å². The lowest BCUT2D eigenvalue weighted by Gasteiger charge is -2.34. The smallest absolute Gasteiger partial charge is 0.223 e. The molecule has 3 aromatic rings. The molecule has 4 rings (SSSR count). The van der Waals surface area contributed by atoms with Gasteiger partial charge in [-0.1, -0.05) is 36.7 Å². The molecule has 0 saturated carbocycles. The fourth-order valence-corrected chi connectivity index (χ4v) is 4.14. The van der Waals surface area contributed by atoms with Gasteiger partial charge in [-0.05, 0) is 30.3 Å². The lowest BCUT2D eigenvalue weighted by atomic mass is 9.91. The Morgan fingerprint density at radius 3 is 2.66 bits per heavy atom. The highest BCUT2D eigenvalue weighted by Crippen LogP contribution is 2.32. The zero-order valence-electron chi connectivity index (χ0n) is 16.4. The van der Waals surface area contributed by atoms with Crippen molar-refractivity contribution in [1.29, 1.82) is 0 Å². The van der Waals surface area contributed by atoms with Crippen molar-refractivity contribution in [3.63, 3.8) is 0 Å². The maximum atomic E-state index is 14.7. The van der Waals surface area contributed by atoms with Crippen LogP contribution in [0.2, 0.25) is 5.02 Å². The molecule has 1 aliphatic rings. The number of carbonyl (C=O) groups is 1. The first-order valence-corrected chi connectivity index (χ1v) is 10.3. The summed E-state index contributed by atoms with van der Waals surface area (Å²) in [4.78, 5) is 21.8. The van der Waals surface area contributed by atoms with Crippen LogP contribution in [-0.2, 0) is 4.79 Å². The van der Waals surface area contributed by atoms with Crippen LogP contribution in [0.4, 0.5) is 4.39 Å². The van der Waals surface area contributed by atoms with Crippen LogP contribution in [0.5, 0.6) is 0 Å². The summed E-state index contributed by atoms with van der Waals surface area (Å²) in [6.07, 6.45) is 3.66. The number of likely N-dealkylation sites (N-methyl/N-ethyl adjacent to an activating group) is 1. The van der Waals surface area contributed by atoms with Crippen LogP contribution in [0.1, 0.15) is 30.5 Å². The summed E-state index contributed by atoms with van der Waals surface area (Å²) in [5.74, 6) is -0.731. The molecule has 5 nitrogen and oxygen atoms in total. The lowest BCUT2D eigenvalue weighted by molar-refractivity contribution is -0.133. The minimum atomic E-state index is -0.443. The molecule has 152 valence electrons. The number of amides is 1. The largest absolute Gasteiger partial charge is 0.340 e. The van der Waals surface area contributed by atoms with Crippen molar-refractivity contribution in [1.82, 2.24) is 19.2 Å². The van der Waals surface area contributed by atoms with Crippen molar-refractivity contribution in [3.8, 4) is 0 Å². The molecule has 1 aliphatic heterocycles. The Kier molecular flexibility index (Phi) is 5.83. The van der Waals surface area contributed by atoms with Crippen molar-refractivity contribution in [2.75, 3.05) is 32.7 Å². The number of aromatic nitrogens is 2. The van der Waals surface area contributed by atoms with E-state index in [9.17, 15) is 9.18 Å². The predicted octanol–water partition coefficient (Wildman–Crippen LogP) is 3.81. The highest BCUT2D eigenvalue weighted by Gasteiger charge is 2.28. The maximum absolute atomic E-state index is 14.7.